The molecule has 0 aliphatic rings. The molecule has 20 heavy (non-hydrogen) atoms. The number of rotatable bonds is 3. The number of hydrogen-bond acceptors (Lipinski definition) is 3. The summed E-state index contributed by atoms with van der Waals surface area (Å²) in [5.41, 5.74) is 0.0154. The zero-order valence-electron chi connectivity index (χ0n) is 9.97. The molecule has 0 radical (unpaired) electrons. The van der Waals surface area contributed by atoms with Crippen LogP contribution < -0.4 is 4.74 Å². The highest BCUT2D eigenvalue weighted by Crippen LogP contribution is 2.33. The summed E-state index contributed by atoms with van der Waals surface area (Å²) in [6.07, 6.45) is 0. The Kier molecular flexibility index (Phi) is 4.27. The Balaban J connectivity index is 2.39. The number of ether oxygens (including phenoxy) is 1. The fourth-order valence-electron chi connectivity index (χ4n) is 1.55. The lowest BCUT2D eigenvalue weighted by atomic mass is 10.2. The first-order chi connectivity index (χ1) is 9.49. The number of aromatic carboxylic acids is 1. The van der Waals surface area contributed by atoms with Crippen molar-refractivity contribution in [2.75, 3.05) is 0 Å². The summed E-state index contributed by atoms with van der Waals surface area (Å²) < 4.78 is 5.07. The summed E-state index contributed by atoms with van der Waals surface area (Å²) in [6, 6.07) is 10.6. The molecule has 0 saturated heterocycles. The van der Waals surface area contributed by atoms with Crippen LogP contribution in [0.15, 0.2) is 42.5 Å². The quantitative estimate of drug-likeness (QED) is 0.689. The molecular formula is C14H8Cl2O4. The van der Waals surface area contributed by atoms with Gasteiger partial charge < -0.3 is 9.84 Å². The largest absolute Gasteiger partial charge is 0.478 e. The van der Waals surface area contributed by atoms with Crippen molar-refractivity contribution in [3.8, 4) is 5.75 Å². The zero-order chi connectivity index (χ0) is 14.7. The van der Waals surface area contributed by atoms with E-state index in [0.29, 0.717) is 0 Å². The molecule has 2 aromatic rings. The van der Waals surface area contributed by atoms with Gasteiger partial charge in [0, 0.05) is 5.02 Å². The maximum absolute atomic E-state index is 11.9. The average molecular weight is 311 g/mol. The molecular weight excluding hydrogens is 303 g/mol. The molecule has 0 amide bonds. The number of carboxylic acids is 1. The van der Waals surface area contributed by atoms with E-state index in [1.54, 1.807) is 30.3 Å². The first kappa shape index (κ1) is 14.4. The minimum atomic E-state index is -1.29. The van der Waals surface area contributed by atoms with Crippen molar-refractivity contribution >= 4 is 35.1 Å². The second-order valence-electron chi connectivity index (χ2n) is 3.82. The normalized spacial score (nSPS) is 10.1. The molecule has 102 valence electrons. The van der Waals surface area contributed by atoms with Crippen LogP contribution in [0.1, 0.15) is 20.7 Å². The molecule has 2 rings (SSSR count). The van der Waals surface area contributed by atoms with Crippen molar-refractivity contribution in [1.82, 2.24) is 0 Å². The first-order valence-electron chi connectivity index (χ1n) is 5.48. The molecule has 0 bridgehead atoms. The van der Waals surface area contributed by atoms with Crippen molar-refractivity contribution in [3.63, 3.8) is 0 Å². The van der Waals surface area contributed by atoms with Gasteiger partial charge in [0.15, 0.2) is 5.75 Å². The Labute approximate surface area is 124 Å². The highest BCUT2D eigenvalue weighted by atomic mass is 35.5. The van der Waals surface area contributed by atoms with E-state index < -0.39 is 11.9 Å². The van der Waals surface area contributed by atoms with Gasteiger partial charge in [-0.15, -0.1) is 0 Å². The molecule has 0 aliphatic carbocycles. The van der Waals surface area contributed by atoms with Gasteiger partial charge in [0.05, 0.1) is 10.6 Å². The van der Waals surface area contributed by atoms with Gasteiger partial charge in [-0.2, -0.15) is 0 Å². The Morgan fingerprint density at radius 2 is 1.70 bits per heavy atom. The molecule has 0 saturated carbocycles. The fourth-order valence-corrected chi connectivity index (χ4v) is 2.08. The average Bonchev–Trinajstić information content (AvgIpc) is 2.42. The van der Waals surface area contributed by atoms with Crippen LogP contribution in [-0.2, 0) is 0 Å². The van der Waals surface area contributed by atoms with E-state index in [4.69, 9.17) is 33.0 Å². The van der Waals surface area contributed by atoms with Crippen LogP contribution in [0.2, 0.25) is 10.0 Å². The Bertz CT molecular complexity index is 668. The van der Waals surface area contributed by atoms with E-state index in [1.807, 2.05) is 0 Å². The van der Waals surface area contributed by atoms with Crippen molar-refractivity contribution in [2.24, 2.45) is 0 Å². The maximum Gasteiger partial charge on any atom is 0.343 e. The van der Waals surface area contributed by atoms with E-state index in [1.165, 1.54) is 12.1 Å². The second-order valence-corrected chi connectivity index (χ2v) is 4.67. The second kappa shape index (κ2) is 5.94. The van der Waals surface area contributed by atoms with Gasteiger partial charge in [0.25, 0.3) is 0 Å². The summed E-state index contributed by atoms with van der Waals surface area (Å²) in [6.45, 7) is 0. The van der Waals surface area contributed by atoms with Crippen LogP contribution in [0.3, 0.4) is 0 Å². The lowest BCUT2D eigenvalue weighted by molar-refractivity contribution is 0.0681. The number of halogens is 2. The molecule has 0 heterocycles. The third-order valence-corrected chi connectivity index (χ3v) is 2.94. The van der Waals surface area contributed by atoms with Crippen LogP contribution >= 0.6 is 23.2 Å². The number of carbonyl (C=O) groups is 2. The molecule has 0 spiro atoms. The Hall–Kier alpha value is -2.04. The van der Waals surface area contributed by atoms with Crippen LogP contribution in [0, 0.1) is 0 Å². The van der Waals surface area contributed by atoms with Crippen LogP contribution in [0.4, 0.5) is 0 Å². The van der Waals surface area contributed by atoms with Crippen molar-refractivity contribution in [3.05, 3.63) is 63.6 Å². The maximum atomic E-state index is 11.9. The molecule has 4 nitrogen and oxygen atoms in total. The van der Waals surface area contributed by atoms with Crippen molar-refractivity contribution in [2.45, 2.75) is 0 Å². The van der Waals surface area contributed by atoms with E-state index >= 15 is 0 Å². The van der Waals surface area contributed by atoms with Gasteiger partial charge in [-0.1, -0.05) is 41.4 Å². The Morgan fingerprint density at radius 1 is 1.05 bits per heavy atom. The third kappa shape index (κ3) is 3.10. The summed E-state index contributed by atoms with van der Waals surface area (Å²) in [5.74, 6) is -2.21. The van der Waals surface area contributed by atoms with Gasteiger partial charge in [-0.05, 0) is 24.3 Å². The predicted octanol–water partition coefficient (Wildman–Crippen LogP) is 3.91. The number of benzene rings is 2. The van der Waals surface area contributed by atoms with E-state index in [2.05, 4.69) is 0 Å². The molecule has 0 fully saturated rings. The highest BCUT2D eigenvalue weighted by Gasteiger charge is 2.20. The number of carboxylic acid groups (broad SMARTS) is 1. The smallest absolute Gasteiger partial charge is 0.343 e. The van der Waals surface area contributed by atoms with Crippen LogP contribution in [0.25, 0.3) is 0 Å². The van der Waals surface area contributed by atoms with Crippen LogP contribution in [0.5, 0.6) is 5.75 Å². The van der Waals surface area contributed by atoms with Crippen molar-refractivity contribution < 1.29 is 19.4 Å². The minimum Gasteiger partial charge on any atom is -0.478 e. The zero-order valence-corrected chi connectivity index (χ0v) is 11.5. The van der Waals surface area contributed by atoms with Gasteiger partial charge >= 0.3 is 11.9 Å². The van der Waals surface area contributed by atoms with E-state index in [-0.39, 0.29) is 26.9 Å². The molecule has 6 heteroatoms. The minimum absolute atomic E-state index is 0.0424. The number of esters is 1. The summed E-state index contributed by atoms with van der Waals surface area (Å²) in [4.78, 5) is 23.1. The summed E-state index contributed by atoms with van der Waals surface area (Å²) in [5, 5.41) is 9.19. The standard InChI is InChI=1S/C14H8Cl2O4/c15-9-6-10(13(17)18)12(11(16)7-9)20-14(19)8-4-2-1-3-5-8/h1-7H,(H,17,18). The van der Waals surface area contributed by atoms with Gasteiger partial charge in [-0.3, -0.25) is 0 Å². The van der Waals surface area contributed by atoms with Gasteiger partial charge in [0.1, 0.15) is 5.56 Å². The number of carbonyl (C=O) groups excluding carboxylic acids is 1. The van der Waals surface area contributed by atoms with Crippen LogP contribution in [-0.4, -0.2) is 17.0 Å². The molecule has 0 aromatic heterocycles. The fraction of sp³-hybridized carbons (Fsp3) is 0. The highest BCUT2D eigenvalue weighted by molar-refractivity contribution is 6.36. The topological polar surface area (TPSA) is 63.6 Å². The molecule has 0 atom stereocenters. The van der Waals surface area contributed by atoms with Gasteiger partial charge in [0.2, 0.25) is 0 Å². The van der Waals surface area contributed by atoms with Crippen molar-refractivity contribution in [1.29, 1.82) is 0 Å². The molecule has 2 aromatic carbocycles. The lowest BCUT2D eigenvalue weighted by Crippen LogP contribution is -2.12. The SMILES string of the molecule is O=C(Oc1c(Cl)cc(Cl)cc1C(=O)O)c1ccccc1. The molecule has 0 unspecified atom stereocenters. The third-order valence-electron chi connectivity index (χ3n) is 2.44. The summed E-state index contributed by atoms with van der Waals surface area (Å²) >= 11 is 11.6. The Morgan fingerprint density at radius 3 is 2.30 bits per heavy atom. The number of hydrogen-bond donors (Lipinski definition) is 1. The monoisotopic (exact) mass is 310 g/mol. The first-order valence-corrected chi connectivity index (χ1v) is 6.24. The lowest BCUT2D eigenvalue weighted by Gasteiger charge is -2.10. The summed E-state index contributed by atoms with van der Waals surface area (Å²) in [7, 11) is 0. The predicted molar refractivity (Wildman–Crippen MR) is 74.8 cm³/mol. The van der Waals surface area contributed by atoms with E-state index in [0.717, 1.165) is 0 Å². The van der Waals surface area contributed by atoms with Gasteiger partial charge in [-0.25, -0.2) is 9.59 Å². The van der Waals surface area contributed by atoms with E-state index in [9.17, 15) is 9.59 Å². The molecule has 0 aliphatic heterocycles. The molecule has 1 N–H and O–H groups in total.